The Labute approximate surface area is 96.7 Å². The maximum Gasteiger partial charge on any atom is 0.215 e. The Balaban J connectivity index is 2.28. The second kappa shape index (κ2) is 4.44. The van der Waals surface area contributed by atoms with Gasteiger partial charge in [0, 0.05) is 20.2 Å². The van der Waals surface area contributed by atoms with Gasteiger partial charge < -0.3 is 5.32 Å². The van der Waals surface area contributed by atoms with Crippen LogP contribution in [0.5, 0.6) is 0 Å². The minimum absolute atomic E-state index is 0.695. The van der Waals surface area contributed by atoms with Crippen molar-refractivity contribution < 1.29 is 0 Å². The molecule has 0 radical (unpaired) electrons. The lowest BCUT2D eigenvalue weighted by molar-refractivity contribution is 0.664. The first-order valence-corrected chi connectivity index (χ1v) is 5.44. The highest BCUT2D eigenvalue weighted by Gasteiger charge is 2.07. The van der Waals surface area contributed by atoms with Crippen LogP contribution in [0.1, 0.15) is 5.82 Å². The van der Waals surface area contributed by atoms with Gasteiger partial charge in [0.05, 0.1) is 0 Å². The number of nitrogens with one attached hydrogen (secondary N) is 1. The van der Waals surface area contributed by atoms with Crippen molar-refractivity contribution >= 4 is 17.6 Å². The Bertz CT molecular complexity index is 495. The molecule has 0 aliphatic carbocycles. The van der Waals surface area contributed by atoms with Gasteiger partial charge in [0.25, 0.3) is 0 Å². The molecule has 0 saturated carbocycles. The Hall–Kier alpha value is -1.70. The highest BCUT2D eigenvalue weighted by atomic mass is 32.2. The molecular weight excluding hydrogens is 226 g/mol. The number of aromatic nitrogens is 6. The molecule has 0 bridgehead atoms. The molecule has 7 nitrogen and oxygen atoms in total. The van der Waals surface area contributed by atoms with Gasteiger partial charge in [0.1, 0.15) is 16.7 Å². The maximum absolute atomic E-state index is 4.30. The van der Waals surface area contributed by atoms with Gasteiger partial charge >= 0.3 is 0 Å². The minimum atomic E-state index is 0.695. The van der Waals surface area contributed by atoms with E-state index >= 15 is 0 Å². The van der Waals surface area contributed by atoms with Crippen molar-refractivity contribution in [3.63, 3.8) is 0 Å². The number of rotatable bonds is 3. The van der Waals surface area contributed by atoms with E-state index in [4.69, 9.17) is 0 Å². The van der Waals surface area contributed by atoms with Crippen LogP contribution in [0.3, 0.4) is 0 Å². The third kappa shape index (κ3) is 2.27. The molecule has 0 amide bonds. The molecule has 0 spiro atoms. The summed E-state index contributed by atoms with van der Waals surface area (Å²) in [6, 6.07) is 1.85. The number of anilines is 1. The summed E-state index contributed by atoms with van der Waals surface area (Å²) in [5, 5.41) is 15.7. The van der Waals surface area contributed by atoms with Crippen LogP contribution >= 0.6 is 11.8 Å². The largest absolute Gasteiger partial charge is 0.373 e. The zero-order valence-corrected chi connectivity index (χ0v) is 9.99. The van der Waals surface area contributed by atoms with E-state index in [9.17, 15) is 0 Å². The van der Waals surface area contributed by atoms with E-state index in [2.05, 4.69) is 30.8 Å². The summed E-state index contributed by atoms with van der Waals surface area (Å²) in [6.45, 7) is 1.85. The van der Waals surface area contributed by atoms with Gasteiger partial charge in [-0.1, -0.05) is 0 Å². The van der Waals surface area contributed by atoms with Gasteiger partial charge in [-0.05, 0) is 29.1 Å². The minimum Gasteiger partial charge on any atom is -0.373 e. The number of hydrogen-bond donors (Lipinski definition) is 1. The van der Waals surface area contributed by atoms with Crippen LogP contribution in [0, 0.1) is 6.92 Å². The molecule has 1 N–H and O–H groups in total. The summed E-state index contributed by atoms with van der Waals surface area (Å²) >= 11 is 1.40. The van der Waals surface area contributed by atoms with E-state index < -0.39 is 0 Å². The van der Waals surface area contributed by atoms with Crippen LogP contribution in [-0.2, 0) is 7.05 Å². The van der Waals surface area contributed by atoms with Crippen LogP contribution in [0.15, 0.2) is 16.2 Å². The van der Waals surface area contributed by atoms with E-state index in [0.29, 0.717) is 11.0 Å². The lowest BCUT2D eigenvalue weighted by atomic mass is 10.5. The van der Waals surface area contributed by atoms with Crippen molar-refractivity contribution in [3.8, 4) is 0 Å². The predicted molar refractivity (Wildman–Crippen MR) is 59.2 cm³/mol. The van der Waals surface area contributed by atoms with Gasteiger partial charge in [-0.2, -0.15) is 0 Å². The standard InChI is InChI=1S/C8H11N7S/c1-5-10-6(9-2)4-7(11-5)16-8-12-13-14-15(8)3/h4H,1-3H3,(H,9,10,11). The zero-order valence-electron chi connectivity index (χ0n) is 9.17. The highest BCUT2D eigenvalue weighted by molar-refractivity contribution is 7.99. The summed E-state index contributed by atoms with van der Waals surface area (Å²) < 4.78 is 1.60. The van der Waals surface area contributed by atoms with E-state index in [1.54, 1.807) is 11.7 Å². The lowest BCUT2D eigenvalue weighted by Gasteiger charge is -2.03. The summed E-state index contributed by atoms with van der Waals surface area (Å²) in [5.41, 5.74) is 0. The smallest absolute Gasteiger partial charge is 0.215 e. The van der Waals surface area contributed by atoms with Crippen molar-refractivity contribution in [3.05, 3.63) is 11.9 Å². The van der Waals surface area contributed by atoms with E-state index in [1.165, 1.54) is 11.8 Å². The number of hydrogen-bond acceptors (Lipinski definition) is 7. The van der Waals surface area contributed by atoms with Gasteiger partial charge in [0.2, 0.25) is 5.16 Å². The molecule has 0 saturated heterocycles. The molecule has 0 aromatic carbocycles. The van der Waals surface area contributed by atoms with Crippen molar-refractivity contribution in [2.75, 3.05) is 12.4 Å². The molecule has 2 rings (SSSR count). The summed E-state index contributed by atoms with van der Waals surface area (Å²) in [7, 11) is 3.61. The van der Waals surface area contributed by atoms with Crippen LogP contribution in [0.4, 0.5) is 5.82 Å². The van der Waals surface area contributed by atoms with Crippen LogP contribution in [0.2, 0.25) is 0 Å². The third-order valence-corrected chi connectivity index (χ3v) is 2.79. The van der Waals surface area contributed by atoms with Crippen molar-refractivity contribution in [2.24, 2.45) is 7.05 Å². The molecule has 2 aromatic heterocycles. The second-order valence-electron chi connectivity index (χ2n) is 3.08. The lowest BCUT2D eigenvalue weighted by Crippen LogP contribution is -1.98. The predicted octanol–water partition coefficient (Wildman–Crippen LogP) is 0.501. The van der Waals surface area contributed by atoms with E-state index in [1.807, 2.05) is 20.0 Å². The Morgan fingerprint density at radius 1 is 1.38 bits per heavy atom. The number of tetrazole rings is 1. The number of aryl methyl sites for hydroxylation is 2. The van der Waals surface area contributed by atoms with Gasteiger partial charge in [0.15, 0.2) is 0 Å². The average Bonchev–Trinajstić information content (AvgIpc) is 2.63. The van der Waals surface area contributed by atoms with Crippen LogP contribution in [-0.4, -0.2) is 37.2 Å². The summed E-state index contributed by atoms with van der Waals surface area (Å²) in [4.78, 5) is 8.51. The topological polar surface area (TPSA) is 81.4 Å². The Morgan fingerprint density at radius 3 is 2.81 bits per heavy atom. The fourth-order valence-corrected chi connectivity index (χ4v) is 1.90. The van der Waals surface area contributed by atoms with Crippen molar-refractivity contribution in [1.29, 1.82) is 0 Å². The van der Waals surface area contributed by atoms with Crippen molar-refractivity contribution in [1.82, 2.24) is 30.2 Å². The van der Waals surface area contributed by atoms with Crippen LogP contribution < -0.4 is 5.32 Å². The Kier molecular flexibility index (Phi) is 3.00. The van der Waals surface area contributed by atoms with E-state index in [-0.39, 0.29) is 0 Å². The monoisotopic (exact) mass is 237 g/mol. The second-order valence-corrected chi connectivity index (χ2v) is 4.06. The molecule has 0 aliphatic heterocycles. The zero-order chi connectivity index (χ0) is 11.5. The molecule has 0 atom stereocenters. The first-order chi connectivity index (χ1) is 7.69. The SMILES string of the molecule is CNc1cc(Sc2nnnn2C)nc(C)n1. The first-order valence-electron chi connectivity index (χ1n) is 4.62. The first kappa shape index (κ1) is 10.8. The fraction of sp³-hybridized carbons (Fsp3) is 0.375. The quantitative estimate of drug-likeness (QED) is 0.778. The van der Waals surface area contributed by atoms with Gasteiger partial charge in [-0.25, -0.2) is 14.6 Å². The van der Waals surface area contributed by atoms with Crippen LogP contribution in [0.25, 0.3) is 0 Å². The van der Waals surface area contributed by atoms with Gasteiger partial charge in [-0.3, -0.25) is 0 Å². The van der Waals surface area contributed by atoms with Crippen molar-refractivity contribution in [2.45, 2.75) is 17.1 Å². The Morgan fingerprint density at radius 2 is 2.19 bits per heavy atom. The molecule has 8 heteroatoms. The summed E-state index contributed by atoms with van der Waals surface area (Å²) in [6.07, 6.45) is 0. The molecule has 0 unspecified atom stereocenters. The molecule has 84 valence electrons. The fourth-order valence-electron chi connectivity index (χ4n) is 1.12. The molecule has 0 fully saturated rings. The third-order valence-electron chi connectivity index (χ3n) is 1.85. The average molecular weight is 237 g/mol. The molecule has 16 heavy (non-hydrogen) atoms. The normalized spacial score (nSPS) is 10.4. The van der Waals surface area contributed by atoms with Gasteiger partial charge in [-0.15, -0.1) is 5.10 Å². The molecular formula is C8H11N7S. The highest BCUT2D eigenvalue weighted by Crippen LogP contribution is 2.24. The molecule has 2 heterocycles. The molecule has 2 aromatic rings. The van der Waals surface area contributed by atoms with E-state index in [0.717, 1.165) is 10.8 Å². The summed E-state index contributed by atoms with van der Waals surface area (Å²) in [5.74, 6) is 1.50. The molecule has 0 aliphatic rings. The maximum atomic E-state index is 4.30. The number of nitrogens with zero attached hydrogens (tertiary/aromatic N) is 6.